The van der Waals surface area contributed by atoms with Gasteiger partial charge in [-0.1, -0.05) is 37.3 Å². The molecule has 1 saturated heterocycles. The van der Waals surface area contributed by atoms with Crippen molar-refractivity contribution in [2.75, 3.05) is 26.2 Å². The molecule has 0 bridgehead atoms. The lowest BCUT2D eigenvalue weighted by molar-refractivity contribution is -0.132. The average Bonchev–Trinajstić information content (AvgIpc) is 2.47. The first-order chi connectivity index (χ1) is 8.72. The number of carbonyl (C=O) groups excluding carboxylic acids is 1. The van der Waals surface area contributed by atoms with E-state index in [1.165, 1.54) is 5.56 Å². The van der Waals surface area contributed by atoms with Crippen molar-refractivity contribution in [3.8, 4) is 0 Å². The zero-order valence-electron chi connectivity index (χ0n) is 11.3. The van der Waals surface area contributed by atoms with Crippen molar-refractivity contribution in [3.05, 3.63) is 35.9 Å². The number of amides is 1. The lowest BCUT2D eigenvalue weighted by Gasteiger charge is -2.38. The molecule has 1 atom stereocenters. The summed E-state index contributed by atoms with van der Waals surface area (Å²) in [6.07, 6.45) is 0.619. The molecule has 1 fully saturated rings. The second kappa shape index (κ2) is 6.01. The van der Waals surface area contributed by atoms with E-state index in [0.717, 1.165) is 26.2 Å². The highest BCUT2D eigenvalue weighted by atomic mass is 16.2. The lowest BCUT2D eigenvalue weighted by Crippen LogP contribution is -2.49. The van der Waals surface area contributed by atoms with E-state index in [9.17, 15) is 4.79 Å². The first kappa shape index (κ1) is 13.1. The smallest absolute Gasteiger partial charge is 0.222 e. The van der Waals surface area contributed by atoms with Crippen LogP contribution in [-0.2, 0) is 4.79 Å². The van der Waals surface area contributed by atoms with Crippen molar-refractivity contribution in [1.82, 2.24) is 9.80 Å². The third-order valence-corrected chi connectivity index (χ3v) is 3.80. The number of rotatable bonds is 3. The van der Waals surface area contributed by atoms with Gasteiger partial charge in [-0.3, -0.25) is 9.69 Å². The van der Waals surface area contributed by atoms with Gasteiger partial charge in [-0.15, -0.1) is 0 Å². The summed E-state index contributed by atoms with van der Waals surface area (Å²) in [6.45, 7) is 7.85. The van der Waals surface area contributed by atoms with Crippen LogP contribution < -0.4 is 0 Å². The monoisotopic (exact) mass is 246 g/mol. The number of piperazine rings is 1. The van der Waals surface area contributed by atoms with Gasteiger partial charge >= 0.3 is 0 Å². The average molecular weight is 246 g/mol. The maximum atomic E-state index is 11.6. The topological polar surface area (TPSA) is 23.6 Å². The van der Waals surface area contributed by atoms with E-state index >= 15 is 0 Å². The van der Waals surface area contributed by atoms with Gasteiger partial charge in [-0.25, -0.2) is 0 Å². The molecule has 1 heterocycles. The van der Waals surface area contributed by atoms with Crippen LogP contribution in [0.1, 0.15) is 31.9 Å². The predicted molar refractivity (Wildman–Crippen MR) is 73.3 cm³/mol. The molecule has 18 heavy (non-hydrogen) atoms. The number of nitrogens with zero attached hydrogens (tertiary/aromatic N) is 2. The van der Waals surface area contributed by atoms with Crippen molar-refractivity contribution in [2.45, 2.75) is 26.3 Å². The van der Waals surface area contributed by atoms with Gasteiger partial charge in [0, 0.05) is 38.6 Å². The second-order valence-corrected chi connectivity index (χ2v) is 4.86. The molecule has 98 valence electrons. The molecule has 0 spiro atoms. The summed E-state index contributed by atoms with van der Waals surface area (Å²) < 4.78 is 0. The van der Waals surface area contributed by atoms with Crippen molar-refractivity contribution in [2.24, 2.45) is 0 Å². The molecule has 2 rings (SSSR count). The van der Waals surface area contributed by atoms with E-state index in [0.29, 0.717) is 12.5 Å². The number of hydrogen-bond donors (Lipinski definition) is 0. The van der Waals surface area contributed by atoms with Gasteiger partial charge in [0.25, 0.3) is 0 Å². The molecule has 0 N–H and O–H groups in total. The quantitative estimate of drug-likeness (QED) is 0.817. The maximum absolute atomic E-state index is 11.6. The molecule has 0 aliphatic carbocycles. The predicted octanol–water partition coefficient (Wildman–Crippen LogP) is 2.30. The molecule has 3 nitrogen and oxygen atoms in total. The van der Waals surface area contributed by atoms with E-state index in [1.54, 1.807) is 0 Å². The van der Waals surface area contributed by atoms with Gasteiger partial charge in [0.2, 0.25) is 5.91 Å². The van der Waals surface area contributed by atoms with Crippen LogP contribution in [0.15, 0.2) is 30.3 Å². The SMILES string of the molecule is CCC(=O)N1CCN(C(C)c2ccccc2)CC1. The molecular formula is C15H22N2O. The Morgan fingerprint density at radius 1 is 1.17 bits per heavy atom. The van der Waals surface area contributed by atoms with E-state index in [1.807, 2.05) is 17.9 Å². The third-order valence-electron chi connectivity index (χ3n) is 3.80. The van der Waals surface area contributed by atoms with Crippen LogP contribution in [0.4, 0.5) is 0 Å². The van der Waals surface area contributed by atoms with Gasteiger partial charge in [0.1, 0.15) is 0 Å². The molecule has 0 radical (unpaired) electrons. The Hall–Kier alpha value is -1.35. The summed E-state index contributed by atoms with van der Waals surface area (Å²) in [7, 11) is 0. The van der Waals surface area contributed by atoms with Gasteiger partial charge in [-0.2, -0.15) is 0 Å². The van der Waals surface area contributed by atoms with Crippen LogP contribution in [0.5, 0.6) is 0 Å². The highest BCUT2D eigenvalue weighted by molar-refractivity contribution is 5.75. The van der Waals surface area contributed by atoms with Crippen molar-refractivity contribution in [1.29, 1.82) is 0 Å². The second-order valence-electron chi connectivity index (χ2n) is 4.86. The normalized spacial score (nSPS) is 18.7. The van der Waals surface area contributed by atoms with E-state index in [-0.39, 0.29) is 5.91 Å². The largest absolute Gasteiger partial charge is 0.340 e. The van der Waals surface area contributed by atoms with Gasteiger partial charge in [-0.05, 0) is 12.5 Å². The Morgan fingerprint density at radius 2 is 1.78 bits per heavy atom. The summed E-state index contributed by atoms with van der Waals surface area (Å²) in [5, 5.41) is 0. The highest BCUT2D eigenvalue weighted by Crippen LogP contribution is 2.21. The molecule has 3 heteroatoms. The molecule has 1 unspecified atom stereocenters. The minimum atomic E-state index is 0.280. The molecule has 0 saturated carbocycles. The van der Waals surface area contributed by atoms with E-state index < -0.39 is 0 Å². The molecule has 1 aliphatic rings. The van der Waals surface area contributed by atoms with Crippen LogP contribution in [0, 0.1) is 0 Å². The third kappa shape index (κ3) is 2.91. The Bertz CT molecular complexity index is 383. The fourth-order valence-electron chi connectivity index (χ4n) is 2.52. The molecule has 1 aromatic rings. The van der Waals surface area contributed by atoms with Crippen LogP contribution in [-0.4, -0.2) is 41.9 Å². The highest BCUT2D eigenvalue weighted by Gasteiger charge is 2.23. The fraction of sp³-hybridized carbons (Fsp3) is 0.533. The first-order valence-corrected chi connectivity index (χ1v) is 6.79. The number of carbonyl (C=O) groups is 1. The first-order valence-electron chi connectivity index (χ1n) is 6.79. The van der Waals surface area contributed by atoms with Crippen LogP contribution in [0.25, 0.3) is 0 Å². The van der Waals surface area contributed by atoms with Crippen molar-refractivity contribution in [3.63, 3.8) is 0 Å². The van der Waals surface area contributed by atoms with E-state index in [2.05, 4.69) is 36.1 Å². The van der Waals surface area contributed by atoms with Crippen molar-refractivity contribution < 1.29 is 4.79 Å². The minimum absolute atomic E-state index is 0.280. The van der Waals surface area contributed by atoms with Crippen LogP contribution >= 0.6 is 0 Å². The fourth-order valence-corrected chi connectivity index (χ4v) is 2.52. The number of benzene rings is 1. The zero-order chi connectivity index (χ0) is 13.0. The minimum Gasteiger partial charge on any atom is -0.340 e. The molecule has 0 aromatic heterocycles. The van der Waals surface area contributed by atoms with Crippen LogP contribution in [0.3, 0.4) is 0 Å². The van der Waals surface area contributed by atoms with Gasteiger partial charge in [0.05, 0.1) is 0 Å². The molecule has 1 aromatic carbocycles. The Labute approximate surface area is 109 Å². The Morgan fingerprint density at radius 3 is 2.33 bits per heavy atom. The molecular weight excluding hydrogens is 224 g/mol. The summed E-state index contributed by atoms with van der Waals surface area (Å²) in [6, 6.07) is 11.0. The molecule has 1 amide bonds. The Kier molecular flexibility index (Phi) is 4.37. The van der Waals surface area contributed by atoms with E-state index in [4.69, 9.17) is 0 Å². The summed E-state index contributed by atoms with van der Waals surface area (Å²) in [4.78, 5) is 16.1. The summed E-state index contributed by atoms with van der Waals surface area (Å²) in [5.74, 6) is 0.280. The lowest BCUT2D eigenvalue weighted by atomic mass is 10.1. The van der Waals surface area contributed by atoms with Gasteiger partial charge in [0.15, 0.2) is 0 Å². The molecule has 1 aliphatic heterocycles. The summed E-state index contributed by atoms with van der Waals surface area (Å²) >= 11 is 0. The summed E-state index contributed by atoms with van der Waals surface area (Å²) in [5.41, 5.74) is 1.35. The Balaban J connectivity index is 1.92. The van der Waals surface area contributed by atoms with Gasteiger partial charge < -0.3 is 4.90 Å². The number of hydrogen-bond acceptors (Lipinski definition) is 2. The van der Waals surface area contributed by atoms with Crippen LogP contribution in [0.2, 0.25) is 0 Å². The maximum Gasteiger partial charge on any atom is 0.222 e. The standard InChI is InChI=1S/C15H22N2O/c1-3-15(18)17-11-9-16(10-12-17)13(2)14-7-5-4-6-8-14/h4-8,13H,3,9-12H2,1-2H3. The zero-order valence-corrected chi connectivity index (χ0v) is 11.3. The van der Waals surface area contributed by atoms with Crippen molar-refractivity contribution >= 4 is 5.91 Å².